The fourth-order valence-corrected chi connectivity index (χ4v) is 4.22. The van der Waals surface area contributed by atoms with Gasteiger partial charge < -0.3 is 24.1 Å². The van der Waals surface area contributed by atoms with E-state index in [-0.39, 0.29) is 16.9 Å². The second-order valence-corrected chi connectivity index (χ2v) is 9.26. The molecule has 2 N–H and O–H groups in total. The van der Waals surface area contributed by atoms with Gasteiger partial charge in [-0.1, -0.05) is 6.07 Å². The van der Waals surface area contributed by atoms with Crippen LogP contribution in [-0.2, 0) is 27.1 Å². The quantitative estimate of drug-likeness (QED) is 0.376. The minimum Gasteiger partial charge on any atom is -0.496 e. The Kier molecular flexibility index (Phi) is 9.48. The first kappa shape index (κ1) is 28.7. The first-order valence-electron chi connectivity index (χ1n) is 10.3. The molecule has 2 aromatic carbocycles. The monoisotopic (exact) mass is 530 g/mol. The van der Waals surface area contributed by atoms with Gasteiger partial charge in [-0.3, -0.25) is 4.72 Å². The molecule has 0 aliphatic carbocycles. The number of nitrogens with one attached hydrogen (secondary N) is 1. The molecule has 0 fully saturated rings. The smallest absolute Gasteiger partial charge is 0.401 e. The molecular weight excluding hydrogens is 502 g/mol. The molecule has 0 unspecified atom stereocenters. The summed E-state index contributed by atoms with van der Waals surface area (Å²) in [7, 11) is 2.73. The van der Waals surface area contributed by atoms with Crippen LogP contribution in [0.1, 0.15) is 16.7 Å². The molecule has 0 spiro atoms. The minimum absolute atomic E-state index is 0.192. The molecule has 2 aromatic rings. The van der Waals surface area contributed by atoms with Crippen molar-refractivity contribution in [1.82, 2.24) is 9.62 Å². The maximum atomic E-state index is 13.8. The number of hydrogen-bond donors (Lipinski definition) is 2. The van der Waals surface area contributed by atoms with E-state index < -0.39 is 34.3 Å². The number of halogens is 2. The third-order valence-electron chi connectivity index (χ3n) is 5.10. The van der Waals surface area contributed by atoms with Gasteiger partial charge in [-0.2, -0.15) is 8.78 Å². The summed E-state index contributed by atoms with van der Waals surface area (Å²) in [4.78, 5) is 11.2. The Morgan fingerprint density at radius 3 is 2.11 bits per heavy atom. The van der Waals surface area contributed by atoms with Crippen LogP contribution in [0.15, 0.2) is 36.5 Å². The molecular formula is C23H28F2N2O8S. The Hall–Kier alpha value is -3.58. The van der Waals surface area contributed by atoms with E-state index in [4.69, 9.17) is 24.1 Å². The molecule has 10 nitrogen and oxygen atoms in total. The zero-order valence-corrected chi connectivity index (χ0v) is 21.2. The minimum atomic E-state index is -4.12. The molecule has 0 aromatic heterocycles. The van der Waals surface area contributed by atoms with Crippen molar-refractivity contribution >= 4 is 22.1 Å². The van der Waals surface area contributed by atoms with Gasteiger partial charge in [0.15, 0.2) is 0 Å². The molecule has 36 heavy (non-hydrogen) atoms. The molecule has 0 heterocycles. The second-order valence-electron chi connectivity index (χ2n) is 7.50. The normalized spacial score (nSPS) is 12.0. The van der Waals surface area contributed by atoms with Gasteiger partial charge in [0.25, 0.3) is 0 Å². The molecule has 198 valence electrons. The van der Waals surface area contributed by atoms with E-state index in [9.17, 15) is 22.0 Å². The van der Waals surface area contributed by atoms with E-state index in [1.807, 2.05) is 0 Å². The summed E-state index contributed by atoms with van der Waals surface area (Å²) in [5.41, 5.74) is 0.938. The zero-order valence-electron chi connectivity index (χ0n) is 20.4. The largest absolute Gasteiger partial charge is 0.496 e. The molecule has 0 aliphatic rings. The van der Waals surface area contributed by atoms with Crippen LogP contribution in [0, 0.1) is 0 Å². The van der Waals surface area contributed by atoms with Gasteiger partial charge in [-0.05, 0) is 30.8 Å². The Balaban J connectivity index is 2.23. The van der Waals surface area contributed by atoms with Crippen molar-refractivity contribution in [1.29, 1.82) is 0 Å². The van der Waals surface area contributed by atoms with Crippen LogP contribution in [0.5, 0.6) is 23.0 Å². The standard InChI is InChI=1S/C23H28F2N2O8S/c1-27(23(24,25)22(28)29)13-16-10-15(6-7-19(16)33-3)14-36(30,31)26-9-8-18-20(34-4)11-17(32-2)12-21(18)35-5/h6-12,26H,13-14H2,1-5H3,(H,28,29). The lowest BCUT2D eigenvalue weighted by Crippen LogP contribution is -2.44. The number of carboxylic acids is 1. The topological polar surface area (TPSA) is 124 Å². The highest BCUT2D eigenvalue weighted by Gasteiger charge is 2.43. The third kappa shape index (κ3) is 6.98. The molecule has 0 aliphatic heterocycles. The van der Waals surface area contributed by atoms with Crippen LogP contribution in [0.4, 0.5) is 8.78 Å². The van der Waals surface area contributed by atoms with Crippen LogP contribution >= 0.6 is 0 Å². The number of alkyl halides is 2. The predicted octanol–water partition coefficient (Wildman–Crippen LogP) is 2.92. The van der Waals surface area contributed by atoms with E-state index in [0.29, 0.717) is 27.7 Å². The maximum absolute atomic E-state index is 13.8. The van der Waals surface area contributed by atoms with Crippen molar-refractivity contribution in [3.63, 3.8) is 0 Å². The Morgan fingerprint density at radius 2 is 1.61 bits per heavy atom. The first-order valence-corrected chi connectivity index (χ1v) is 12.0. The molecule has 0 amide bonds. The number of carbonyl (C=O) groups is 1. The van der Waals surface area contributed by atoms with Crippen molar-refractivity contribution in [3.8, 4) is 23.0 Å². The summed E-state index contributed by atoms with van der Waals surface area (Å²) in [5.74, 6) is -1.31. The van der Waals surface area contributed by atoms with Crippen LogP contribution in [0.2, 0.25) is 0 Å². The molecule has 0 saturated heterocycles. The fourth-order valence-electron chi connectivity index (χ4n) is 3.24. The number of nitrogens with zero attached hydrogens (tertiary/aromatic N) is 1. The van der Waals surface area contributed by atoms with Crippen molar-refractivity contribution in [2.45, 2.75) is 18.3 Å². The lowest BCUT2D eigenvalue weighted by atomic mass is 10.1. The van der Waals surface area contributed by atoms with Crippen molar-refractivity contribution in [3.05, 3.63) is 53.2 Å². The third-order valence-corrected chi connectivity index (χ3v) is 6.31. The lowest BCUT2D eigenvalue weighted by molar-refractivity contribution is -0.194. The Labute approximate surface area is 208 Å². The van der Waals surface area contributed by atoms with Gasteiger partial charge in [0, 0.05) is 30.4 Å². The number of rotatable bonds is 13. The number of likely N-dealkylation sites (N-methyl/N-ethyl adjacent to an activating group) is 1. The van der Waals surface area contributed by atoms with Gasteiger partial charge in [0.2, 0.25) is 10.0 Å². The van der Waals surface area contributed by atoms with Crippen LogP contribution in [0.25, 0.3) is 6.08 Å². The van der Waals surface area contributed by atoms with Gasteiger partial charge in [0.1, 0.15) is 23.0 Å². The van der Waals surface area contributed by atoms with Crippen LogP contribution in [-0.4, -0.2) is 65.9 Å². The van der Waals surface area contributed by atoms with E-state index in [0.717, 1.165) is 7.05 Å². The Morgan fingerprint density at radius 1 is 1.03 bits per heavy atom. The average molecular weight is 531 g/mol. The van der Waals surface area contributed by atoms with Gasteiger partial charge in [-0.25, -0.2) is 18.1 Å². The summed E-state index contributed by atoms with van der Waals surface area (Å²) in [6, 6.07) is 3.36. The molecule has 0 saturated carbocycles. The molecule has 0 bridgehead atoms. The Bertz CT molecular complexity index is 1190. The molecule has 2 rings (SSSR count). The fraction of sp³-hybridized carbons (Fsp3) is 0.348. The number of benzene rings is 2. The van der Waals surface area contributed by atoms with E-state index in [1.54, 1.807) is 12.1 Å². The zero-order chi connectivity index (χ0) is 27.1. The van der Waals surface area contributed by atoms with Crippen molar-refractivity contribution in [2.24, 2.45) is 0 Å². The number of sulfonamides is 1. The number of carboxylic acid groups (broad SMARTS) is 1. The van der Waals surface area contributed by atoms with E-state index in [2.05, 4.69) is 4.72 Å². The molecule has 13 heteroatoms. The number of methoxy groups -OCH3 is 4. The second kappa shape index (κ2) is 11.9. The summed E-state index contributed by atoms with van der Waals surface area (Å²) >= 11 is 0. The summed E-state index contributed by atoms with van der Waals surface area (Å²) in [6.07, 6.45) is 2.66. The first-order chi connectivity index (χ1) is 16.9. The lowest BCUT2D eigenvalue weighted by Gasteiger charge is -2.24. The number of hydrogen-bond acceptors (Lipinski definition) is 8. The molecule has 0 atom stereocenters. The summed E-state index contributed by atoms with van der Waals surface area (Å²) in [6.45, 7) is -0.499. The van der Waals surface area contributed by atoms with Crippen LogP contribution < -0.4 is 23.7 Å². The van der Waals surface area contributed by atoms with Gasteiger partial charge in [-0.15, -0.1) is 0 Å². The number of aliphatic carboxylic acids is 1. The number of ether oxygens (including phenoxy) is 4. The van der Waals surface area contributed by atoms with Gasteiger partial charge in [0.05, 0.1) is 39.8 Å². The van der Waals surface area contributed by atoms with Gasteiger partial charge >= 0.3 is 12.0 Å². The van der Waals surface area contributed by atoms with E-state index >= 15 is 0 Å². The average Bonchev–Trinajstić information content (AvgIpc) is 2.83. The van der Waals surface area contributed by atoms with Crippen molar-refractivity contribution in [2.75, 3.05) is 35.5 Å². The predicted molar refractivity (Wildman–Crippen MR) is 128 cm³/mol. The van der Waals surface area contributed by atoms with E-state index in [1.165, 1.54) is 58.9 Å². The van der Waals surface area contributed by atoms with Crippen molar-refractivity contribution < 1.29 is 46.0 Å². The maximum Gasteiger partial charge on any atom is 0.401 e. The SMILES string of the molecule is COc1cc(OC)c(C=CNS(=O)(=O)Cc2ccc(OC)c(CN(C)C(F)(F)C(=O)O)c2)c(OC)c1. The highest BCUT2D eigenvalue weighted by atomic mass is 32.2. The highest BCUT2D eigenvalue weighted by Crippen LogP contribution is 2.35. The highest BCUT2D eigenvalue weighted by molar-refractivity contribution is 7.88. The summed E-state index contributed by atoms with van der Waals surface area (Å²) < 4.78 is 76.2. The summed E-state index contributed by atoms with van der Waals surface area (Å²) in [5, 5.41) is 8.74. The molecule has 0 radical (unpaired) electrons. The van der Waals surface area contributed by atoms with Crippen LogP contribution in [0.3, 0.4) is 0 Å².